The standard InChI is InChI=1S/C27H44O4/c1-6-8-18-30-26(28)24-17-16-23(20-25(24)27(29)31-19-9-7-2)15-11-14-22(5)13-10-12-21(3)4/h12,14,16,24-25H,6-11,13,15,17-20H2,1-5H3/b22-14+/t24-,25+/m1/s1. The molecule has 4 nitrogen and oxygen atoms in total. The molecule has 0 bridgehead atoms. The van der Waals surface area contributed by atoms with Crippen molar-refractivity contribution in [2.24, 2.45) is 11.8 Å². The quantitative estimate of drug-likeness (QED) is 0.167. The number of esters is 2. The number of unbranched alkanes of at least 4 members (excludes halogenated alkanes) is 2. The number of hydrogen-bond acceptors (Lipinski definition) is 4. The van der Waals surface area contributed by atoms with Crippen LogP contribution in [0.4, 0.5) is 0 Å². The molecule has 0 aromatic rings. The SMILES string of the molecule is CCCCOC(=O)[C@H]1CC(CC/C=C(\C)CCC=C(C)C)=CC[C@H]1C(=O)OCCCC. The number of ether oxygens (including phenoxy) is 2. The summed E-state index contributed by atoms with van der Waals surface area (Å²) < 4.78 is 10.9. The molecule has 0 saturated carbocycles. The number of hydrogen-bond donors (Lipinski definition) is 0. The van der Waals surface area contributed by atoms with Gasteiger partial charge in [-0.25, -0.2) is 0 Å². The third-order valence-electron chi connectivity index (χ3n) is 5.77. The second-order valence-electron chi connectivity index (χ2n) is 8.97. The van der Waals surface area contributed by atoms with Crippen LogP contribution in [0.2, 0.25) is 0 Å². The van der Waals surface area contributed by atoms with E-state index in [4.69, 9.17) is 9.47 Å². The van der Waals surface area contributed by atoms with Gasteiger partial charge in [0.05, 0.1) is 25.0 Å². The summed E-state index contributed by atoms with van der Waals surface area (Å²) in [5.74, 6) is -1.34. The van der Waals surface area contributed by atoms with E-state index in [0.717, 1.165) is 51.4 Å². The van der Waals surface area contributed by atoms with Crippen molar-refractivity contribution in [1.82, 2.24) is 0 Å². The number of carbonyl (C=O) groups excluding carboxylic acids is 2. The Labute approximate surface area is 190 Å². The third-order valence-corrected chi connectivity index (χ3v) is 5.77. The van der Waals surface area contributed by atoms with E-state index >= 15 is 0 Å². The first-order valence-electron chi connectivity index (χ1n) is 12.2. The summed E-state index contributed by atoms with van der Waals surface area (Å²) in [6.45, 7) is 11.4. The minimum Gasteiger partial charge on any atom is -0.465 e. The highest BCUT2D eigenvalue weighted by Crippen LogP contribution is 2.34. The van der Waals surface area contributed by atoms with Gasteiger partial charge in [0.2, 0.25) is 0 Å². The van der Waals surface area contributed by atoms with Gasteiger partial charge in [0.25, 0.3) is 0 Å². The summed E-state index contributed by atoms with van der Waals surface area (Å²) in [4.78, 5) is 25.3. The van der Waals surface area contributed by atoms with Crippen molar-refractivity contribution in [2.45, 2.75) is 98.8 Å². The van der Waals surface area contributed by atoms with Gasteiger partial charge in [-0.2, -0.15) is 0 Å². The van der Waals surface area contributed by atoms with Crippen molar-refractivity contribution in [3.8, 4) is 0 Å². The predicted octanol–water partition coefficient (Wildman–Crippen LogP) is 7.10. The maximum absolute atomic E-state index is 12.7. The van der Waals surface area contributed by atoms with Crippen LogP contribution in [-0.2, 0) is 19.1 Å². The molecule has 2 atom stereocenters. The van der Waals surface area contributed by atoms with Crippen LogP contribution in [0.3, 0.4) is 0 Å². The number of allylic oxidation sites excluding steroid dienone is 6. The van der Waals surface area contributed by atoms with E-state index in [-0.39, 0.29) is 11.9 Å². The molecule has 176 valence electrons. The third kappa shape index (κ3) is 11.4. The second-order valence-corrected chi connectivity index (χ2v) is 8.97. The average Bonchev–Trinajstić information content (AvgIpc) is 2.73. The fraction of sp³-hybridized carbons (Fsp3) is 0.704. The molecular weight excluding hydrogens is 388 g/mol. The van der Waals surface area contributed by atoms with E-state index < -0.39 is 11.8 Å². The van der Waals surface area contributed by atoms with Gasteiger partial charge in [0, 0.05) is 0 Å². The zero-order valence-corrected chi connectivity index (χ0v) is 20.5. The average molecular weight is 433 g/mol. The minimum atomic E-state index is -0.422. The van der Waals surface area contributed by atoms with Crippen molar-refractivity contribution < 1.29 is 19.1 Å². The Hall–Kier alpha value is -1.84. The van der Waals surface area contributed by atoms with Gasteiger partial charge in [0.15, 0.2) is 0 Å². The molecule has 0 unspecified atom stereocenters. The molecule has 0 heterocycles. The Balaban J connectivity index is 2.69. The van der Waals surface area contributed by atoms with E-state index in [1.807, 2.05) is 0 Å². The van der Waals surface area contributed by atoms with Gasteiger partial charge in [0.1, 0.15) is 0 Å². The summed E-state index contributed by atoms with van der Waals surface area (Å²) in [6, 6.07) is 0. The molecule has 4 heteroatoms. The lowest BCUT2D eigenvalue weighted by Gasteiger charge is -2.28. The molecule has 0 aliphatic heterocycles. The Kier molecular flexibility index (Phi) is 13.9. The van der Waals surface area contributed by atoms with Crippen LogP contribution in [0.25, 0.3) is 0 Å². The molecule has 0 fully saturated rings. The van der Waals surface area contributed by atoms with E-state index in [2.05, 4.69) is 52.8 Å². The predicted molar refractivity (Wildman–Crippen MR) is 128 cm³/mol. The number of carbonyl (C=O) groups is 2. The van der Waals surface area contributed by atoms with Crippen LogP contribution >= 0.6 is 0 Å². The summed E-state index contributed by atoms with van der Waals surface area (Å²) in [6.07, 6.45) is 15.6. The highest BCUT2D eigenvalue weighted by molar-refractivity contribution is 5.83. The highest BCUT2D eigenvalue weighted by Gasteiger charge is 2.38. The fourth-order valence-corrected chi connectivity index (χ4v) is 3.72. The van der Waals surface area contributed by atoms with E-state index in [0.29, 0.717) is 26.1 Å². The lowest BCUT2D eigenvalue weighted by Crippen LogP contribution is -2.35. The summed E-state index contributed by atoms with van der Waals surface area (Å²) >= 11 is 0. The molecule has 0 amide bonds. The molecule has 0 radical (unpaired) electrons. The smallest absolute Gasteiger partial charge is 0.310 e. The van der Waals surface area contributed by atoms with Crippen LogP contribution in [0, 0.1) is 11.8 Å². The van der Waals surface area contributed by atoms with Crippen molar-refractivity contribution in [3.63, 3.8) is 0 Å². The van der Waals surface area contributed by atoms with E-state index in [9.17, 15) is 9.59 Å². The first-order valence-corrected chi connectivity index (χ1v) is 12.2. The molecule has 1 aliphatic carbocycles. The molecule has 0 N–H and O–H groups in total. The van der Waals surface area contributed by atoms with Gasteiger partial charge >= 0.3 is 11.9 Å². The van der Waals surface area contributed by atoms with Gasteiger partial charge in [-0.15, -0.1) is 0 Å². The summed E-state index contributed by atoms with van der Waals surface area (Å²) in [5, 5.41) is 0. The molecule has 31 heavy (non-hydrogen) atoms. The van der Waals surface area contributed by atoms with Gasteiger partial charge in [-0.05, 0) is 72.1 Å². The maximum atomic E-state index is 12.7. The van der Waals surface area contributed by atoms with Crippen LogP contribution in [0.15, 0.2) is 34.9 Å². The van der Waals surface area contributed by atoms with Crippen molar-refractivity contribution >= 4 is 11.9 Å². The lowest BCUT2D eigenvalue weighted by atomic mass is 9.78. The Morgan fingerprint density at radius 3 is 2.13 bits per heavy atom. The summed E-state index contributed by atoms with van der Waals surface area (Å²) in [7, 11) is 0. The van der Waals surface area contributed by atoms with Gasteiger partial charge in [-0.3, -0.25) is 9.59 Å². The van der Waals surface area contributed by atoms with E-state index in [1.165, 1.54) is 16.7 Å². The Morgan fingerprint density at radius 1 is 0.935 bits per heavy atom. The molecular formula is C27H44O4. The first kappa shape index (κ1) is 27.2. The largest absolute Gasteiger partial charge is 0.465 e. The van der Waals surface area contributed by atoms with Gasteiger partial charge in [-0.1, -0.05) is 61.6 Å². The van der Waals surface area contributed by atoms with E-state index in [1.54, 1.807) is 0 Å². The normalized spacial score (nSPS) is 18.9. The molecule has 0 saturated heterocycles. The molecule has 0 spiro atoms. The monoisotopic (exact) mass is 432 g/mol. The fourth-order valence-electron chi connectivity index (χ4n) is 3.72. The topological polar surface area (TPSA) is 52.6 Å². The minimum absolute atomic E-state index is 0.245. The number of rotatable bonds is 14. The van der Waals surface area contributed by atoms with Crippen LogP contribution < -0.4 is 0 Å². The second kappa shape index (κ2) is 15.9. The van der Waals surface area contributed by atoms with Crippen molar-refractivity contribution in [3.05, 3.63) is 34.9 Å². The first-order chi connectivity index (χ1) is 14.9. The van der Waals surface area contributed by atoms with Crippen LogP contribution in [-0.4, -0.2) is 25.2 Å². The Bertz CT molecular complexity index is 638. The summed E-state index contributed by atoms with van der Waals surface area (Å²) in [5.41, 5.74) is 4.02. The molecule has 1 aliphatic rings. The van der Waals surface area contributed by atoms with Crippen LogP contribution in [0.1, 0.15) is 98.8 Å². The molecule has 0 aromatic heterocycles. The maximum Gasteiger partial charge on any atom is 0.310 e. The zero-order chi connectivity index (χ0) is 23.1. The molecule has 1 rings (SSSR count). The van der Waals surface area contributed by atoms with Crippen LogP contribution in [0.5, 0.6) is 0 Å². The molecule has 0 aromatic carbocycles. The highest BCUT2D eigenvalue weighted by atomic mass is 16.5. The Morgan fingerprint density at radius 2 is 1.55 bits per heavy atom. The van der Waals surface area contributed by atoms with Crippen molar-refractivity contribution in [1.29, 1.82) is 0 Å². The van der Waals surface area contributed by atoms with Gasteiger partial charge < -0.3 is 9.47 Å². The lowest BCUT2D eigenvalue weighted by molar-refractivity contribution is -0.161. The van der Waals surface area contributed by atoms with Crippen molar-refractivity contribution in [2.75, 3.05) is 13.2 Å². The zero-order valence-electron chi connectivity index (χ0n) is 20.5.